The Balaban J connectivity index is 1.94. The van der Waals surface area contributed by atoms with Crippen LogP contribution in [0.5, 0.6) is 0 Å². The van der Waals surface area contributed by atoms with Crippen LogP contribution in [0.2, 0.25) is 0 Å². The van der Waals surface area contributed by atoms with Crippen LogP contribution >= 0.6 is 0 Å². The van der Waals surface area contributed by atoms with Gasteiger partial charge >= 0.3 is 0 Å². The molecule has 1 aliphatic heterocycles. The lowest BCUT2D eigenvalue weighted by atomic mass is 10.0. The molecule has 88 valence electrons. The zero-order valence-corrected chi connectivity index (χ0v) is 9.97. The second kappa shape index (κ2) is 5.46. The second-order valence-corrected chi connectivity index (χ2v) is 4.77. The predicted octanol–water partition coefficient (Wildman–Crippen LogP) is 2.59. The van der Waals surface area contributed by atoms with Gasteiger partial charge in [0.1, 0.15) is 0 Å². The Morgan fingerprint density at radius 3 is 2.75 bits per heavy atom. The fourth-order valence-electron chi connectivity index (χ4n) is 2.43. The highest BCUT2D eigenvalue weighted by molar-refractivity contribution is 5.17. The number of likely N-dealkylation sites (tertiary alicyclic amines) is 1. The Hall–Kier alpha value is -0.860. The van der Waals surface area contributed by atoms with E-state index in [1.54, 1.807) is 0 Å². The third-order valence-electron chi connectivity index (χ3n) is 3.53. The van der Waals surface area contributed by atoms with Crippen LogP contribution in [0.25, 0.3) is 0 Å². The maximum Gasteiger partial charge on any atom is 0.0917 e. The smallest absolute Gasteiger partial charge is 0.0917 e. The first kappa shape index (κ1) is 11.6. The van der Waals surface area contributed by atoms with Crippen molar-refractivity contribution in [2.75, 3.05) is 13.1 Å². The zero-order chi connectivity index (χ0) is 11.4. The van der Waals surface area contributed by atoms with Crippen molar-refractivity contribution >= 4 is 0 Å². The Morgan fingerprint density at radius 1 is 1.31 bits per heavy atom. The molecule has 16 heavy (non-hydrogen) atoms. The van der Waals surface area contributed by atoms with Crippen molar-refractivity contribution in [3.05, 3.63) is 35.9 Å². The lowest BCUT2D eigenvalue weighted by Gasteiger charge is -2.34. The van der Waals surface area contributed by atoms with Crippen molar-refractivity contribution in [2.45, 2.75) is 38.3 Å². The first-order valence-corrected chi connectivity index (χ1v) is 6.24. The molecule has 0 amide bonds. The van der Waals surface area contributed by atoms with Gasteiger partial charge in [-0.2, -0.15) is 0 Å². The van der Waals surface area contributed by atoms with Crippen molar-refractivity contribution < 1.29 is 5.11 Å². The van der Waals surface area contributed by atoms with Gasteiger partial charge in [0.25, 0.3) is 0 Å². The normalized spacial score (nSPS) is 24.2. The van der Waals surface area contributed by atoms with Gasteiger partial charge in [0.05, 0.1) is 6.10 Å². The molecular weight excluding hydrogens is 198 g/mol. The summed E-state index contributed by atoms with van der Waals surface area (Å²) in [5.74, 6) is 0. The van der Waals surface area contributed by atoms with Crippen LogP contribution < -0.4 is 0 Å². The molecule has 1 aromatic carbocycles. The lowest BCUT2D eigenvalue weighted by molar-refractivity contribution is 0.0732. The van der Waals surface area contributed by atoms with Crippen LogP contribution in [-0.4, -0.2) is 29.1 Å². The van der Waals surface area contributed by atoms with Gasteiger partial charge in [0.2, 0.25) is 0 Å². The second-order valence-electron chi connectivity index (χ2n) is 4.77. The molecule has 1 saturated heterocycles. The molecule has 0 aromatic heterocycles. The van der Waals surface area contributed by atoms with Crippen molar-refractivity contribution in [2.24, 2.45) is 0 Å². The fourth-order valence-corrected chi connectivity index (χ4v) is 2.43. The average Bonchev–Trinajstić information content (AvgIpc) is 2.33. The fraction of sp³-hybridized carbons (Fsp3) is 0.571. The van der Waals surface area contributed by atoms with E-state index in [9.17, 15) is 5.11 Å². The van der Waals surface area contributed by atoms with Crippen molar-refractivity contribution in [1.29, 1.82) is 0 Å². The van der Waals surface area contributed by atoms with Gasteiger partial charge in [-0.1, -0.05) is 36.8 Å². The molecule has 1 aliphatic rings. The number of nitrogens with zero attached hydrogens (tertiary/aromatic N) is 1. The molecule has 2 nitrogen and oxygen atoms in total. The summed E-state index contributed by atoms with van der Waals surface area (Å²) in [6.45, 7) is 4.16. The quantitative estimate of drug-likeness (QED) is 0.844. The van der Waals surface area contributed by atoms with Crippen LogP contribution in [-0.2, 0) is 0 Å². The standard InChI is InChI=1S/C14H21NO/c1-12-7-5-6-10-15(12)11-14(16)13-8-3-2-4-9-13/h2-4,8-9,12,14,16H,5-7,10-11H2,1H3/t12-,14-/m1/s1. The maximum atomic E-state index is 10.1. The maximum absolute atomic E-state index is 10.1. The van der Waals surface area contributed by atoms with Crippen LogP contribution in [0.15, 0.2) is 30.3 Å². The van der Waals surface area contributed by atoms with E-state index in [0.29, 0.717) is 6.04 Å². The average molecular weight is 219 g/mol. The zero-order valence-electron chi connectivity index (χ0n) is 9.97. The molecule has 2 rings (SSSR count). The summed E-state index contributed by atoms with van der Waals surface area (Å²) in [5.41, 5.74) is 1.03. The highest BCUT2D eigenvalue weighted by atomic mass is 16.3. The molecule has 0 aliphatic carbocycles. The predicted molar refractivity (Wildman–Crippen MR) is 66.3 cm³/mol. The van der Waals surface area contributed by atoms with E-state index in [4.69, 9.17) is 0 Å². The summed E-state index contributed by atoms with van der Waals surface area (Å²) in [7, 11) is 0. The minimum absolute atomic E-state index is 0.346. The summed E-state index contributed by atoms with van der Waals surface area (Å²) >= 11 is 0. The number of rotatable bonds is 3. The summed E-state index contributed by atoms with van der Waals surface area (Å²) in [4.78, 5) is 2.40. The topological polar surface area (TPSA) is 23.5 Å². The van der Waals surface area contributed by atoms with Gasteiger partial charge in [-0.15, -0.1) is 0 Å². The largest absolute Gasteiger partial charge is 0.387 e. The number of hydrogen-bond donors (Lipinski definition) is 1. The van der Waals surface area contributed by atoms with E-state index >= 15 is 0 Å². The molecule has 1 fully saturated rings. The molecule has 0 unspecified atom stereocenters. The SMILES string of the molecule is C[C@@H]1CCCCN1C[C@@H](O)c1ccccc1. The first-order chi connectivity index (χ1) is 7.77. The summed E-state index contributed by atoms with van der Waals surface area (Å²) in [5, 5.41) is 10.1. The highest BCUT2D eigenvalue weighted by Crippen LogP contribution is 2.20. The van der Waals surface area contributed by atoms with E-state index in [-0.39, 0.29) is 6.10 Å². The molecule has 0 bridgehead atoms. The van der Waals surface area contributed by atoms with Gasteiger partial charge in [-0.05, 0) is 31.9 Å². The number of aliphatic hydroxyl groups excluding tert-OH is 1. The van der Waals surface area contributed by atoms with Crippen molar-refractivity contribution in [3.63, 3.8) is 0 Å². The molecule has 0 radical (unpaired) electrons. The van der Waals surface area contributed by atoms with Crippen LogP contribution in [0.4, 0.5) is 0 Å². The number of hydrogen-bond acceptors (Lipinski definition) is 2. The van der Waals surface area contributed by atoms with E-state index < -0.39 is 0 Å². The monoisotopic (exact) mass is 219 g/mol. The van der Waals surface area contributed by atoms with Gasteiger partial charge in [0, 0.05) is 12.6 Å². The van der Waals surface area contributed by atoms with Crippen LogP contribution in [0.1, 0.15) is 37.9 Å². The van der Waals surface area contributed by atoms with Gasteiger partial charge in [0.15, 0.2) is 0 Å². The third-order valence-corrected chi connectivity index (χ3v) is 3.53. The Kier molecular flexibility index (Phi) is 3.97. The Bertz CT molecular complexity index is 312. The van der Waals surface area contributed by atoms with Gasteiger partial charge in [-0.25, -0.2) is 0 Å². The molecule has 1 aromatic rings. The minimum atomic E-state index is -0.346. The van der Waals surface area contributed by atoms with Gasteiger partial charge in [-0.3, -0.25) is 4.90 Å². The molecule has 2 heteroatoms. The van der Waals surface area contributed by atoms with Crippen LogP contribution in [0.3, 0.4) is 0 Å². The molecule has 2 atom stereocenters. The highest BCUT2D eigenvalue weighted by Gasteiger charge is 2.21. The van der Waals surface area contributed by atoms with Crippen molar-refractivity contribution in [3.8, 4) is 0 Å². The molecule has 1 heterocycles. The van der Waals surface area contributed by atoms with E-state index in [1.807, 2.05) is 30.3 Å². The van der Waals surface area contributed by atoms with Crippen LogP contribution in [0, 0.1) is 0 Å². The molecular formula is C14H21NO. The first-order valence-electron chi connectivity index (χ1n) is 6.24. The minimum Gasteiger partial charge on any atom is -0.387 e. The third kappa shape index (κ3) is 2.83. The molecule has 0 saturated carbocycles. The number of β-amino-alcohol motifs (C(OH)–C–C–N with tert-alkyl or cyclic N) is 1. The number of benzene rings is 1. The summed E-state index contributed by atoms with van der Waals surface area (Å²) in [6.07, 6.45) is 3.52. The molecule has 1 N–H and O–H groups in total. The van der Waals surface area contributed by atoms with E-state index in [2.05, 4.69) is 11.8 Å². The Labute approximate surface area is 97.9 Å². The summed E-state index contributed by atoms with van der Waals surface area (Å²) < 4.78 is 0. The number of aliphatic hydroxyl groups is 1. The van der Waals surface area contributed by atoms with Gasteiger partial charge < -0.3 is 5.11 Å². The lowest BCUT2D eigenvalue weighted by Crippen LogP contribution is -2.40. The summed E-state index contributed by atoms with van der Waals surface area (Å²) in [6, 6.07) is 10.6. The van der Waals surface area contributed by atoms with Crippen molar-refractivity contribution in [1.82, 2.24) is 4.90 Å². The van der Waals surface area contributed by atoms with E-state index in [0.717, 1.165) is 18.7 Å². The van der Waals surface area contributed by atoms with E-state index in [1.165, 1.54) is 19.3 Å². The molecule has 0 spiro atoms. The number of piperidine rings is 1. The Morgan fingerprint density at radius 2 is 2.06 bits per heavy atom.